The number of benzene rings is 1. The van der Waals surface area contributed by atoms with Gasteiger partial charge in [-0.1, -0.05) is 38.4 Å². The standard InChI is InChI=1S/C31H39N7O4/c1-18-23(32-19(2)28(18)36-27(39)11-14-38-12-7-6-8-13-38)16-22-21-10-9-20(15-24(21)34-29(22)40)33-30(41)35-26-17-25(42-37-26)31(3,4)5/h9-10,15-17,32H,6-8,11-14H2,1-5H3,(H,34,40)(H,36,39)(H2,33,35,37,41)/b22-16-. The Morgan fingerprint density at radius 3 is 2.55 bits per heavy atom. The van der Waals surface area contributed by atoms with Gasteiger partial charge < -0.3 is 30.4 Å². The molecule has 1 aromatic carbocycles. The lowest BCUT2D eigenvalue weighted by molar-refractivity contribution is -0.116. The number of fused-ring (bicyclic) bond motifs is 1. The lowest BCUT2D eigenvalue weighted by Crippen LogP contribution is -2.32. The molecule has 4 amide bonds. The molecule has 5 rings (SSSR count). The van der Waals surface area contributed by atoms with E-state index in [0.717, 1.165) is 47.8 Å². The summed E-state index contributed by atoms with van der Waals surface area (Å²) >= 11 is 0. The number of hydrogen-bond acceptors (Lipinski definition) is 6. The zero-order valence-electron chi connectivity index (χ0n) is 24.9. The molecule has 1 fully saturated rings. The van der Waals surface area contributed by atoms with E-state index in [0.29, 0.717) is 34.9 Å². The molecule has 11 nitrogen and oxygen atoms in total. The van der Waals surface area contributed by atoms with Crippen LogP contribution in [0.2, 0.25) is 0 Å². The molecule has 0 bridgehead atoms. The number of nitrogens with zero attached hydrogens (tertiary/aromatic N) is 2. The number of piperidine rings is 1. The molecule has 1 saturated heterocycles. The summed E-state index contributed by atoms with van der Waals surface area (Å²) in [6.07, 6.45) is 5.90. The highest BCUT2D eigenvalue weighted by atomic mass is 16.5. The van der Waals surface area contributed by atoms with Gasteiger partial charge in [-0.25, -0.2) is 4.79 Å². The van der Waals surface area contributed by atoms with Crippen LogP contribution in [0.25, 0.3) is 11.6 Å². The number of carbonyl (C=O) groups is 3. The fourth-order valence-electron chi connectivity index (χ4n) is 5.28. The predicted molar refractivity (Wildman–Crippen MR) is 165 cm³/mol. The number of anilines is 4. The molecule has 0 unspecified atom stereocenters. The summed E-state index contributed by atoms with van der Waals surface area (Å²) in [6.45, 7) is 12.7. The van der Waals surface area contributed by atoms with Crippen LogP contribution in [0.1, 0.15) is 74.7 Å². The van der Waals surface area contributed by atoms with Crippen LogP contribution in [0.4, 0.5) is 27.7 Å². The van der Waals surface area contributed by atoms with Gasteiger partial charge in [-0.15, -0.1) is 0 Å². The number of hydrogen-bond donors (Lipinski definition) is 5. The molecule has 2 aromatic heterocycles. The van der Waals surface area contributed by atoms with Crippen LogP contribution in [-0.2, 0) is 15.0 Å². The first kappa shape index (κ1) is 29.1. The van der Waals surface area contributed by atoms with Crippen LogP contribution < -0.4 is 21.3 Å². The maximum Gasteiger partial charge on any atom is 0.324 e. The van der Waals surface area contributed by atoms with Crippen molar-refractivity contribution in [1.29, 1.82) is 0 Å². The largest absolute Gasteiger partial charge is 0.359 e. The highest BCUT2D eigenvalue weighted by molar-refractivity contribution is 6.35. The summed E-state index contributed by atoms with van der Waals surface area (Å²) in [5.41, 5.74) is 5.27. The lowest BCUT2D eigenvalue weighted by Gasteiger charge is -2.25. The molecule has 0 aliphatic carbocycles. The van der Waals surface area contributed by atoms with Crippen LogP contribution >= 0.6 is 0 Å². The van der Waals surface area contributed by atoms with Crippen LogP contribution in [0.15, 0.2) is 28.8 Å². The Hall–Kier alpha value is -4.38. The van der Waals surface area contributed by atoms with E-state index in [1.165, 1.54) is 19.3 Å². The molecular formula is C31H39N7O4. The van der Waals surface area contributed by atoms with E-state index in [1.54, 1.807) is 30.3 Å². The Kier molecular flexibility index (Phi) is 8.22. The van der Waals surface area contributed by atoms with Gasteiger partial charge in [0.25, 0.3) is 5.91 Å². The van der Waals surface area contributed by atoms with E-state index >= 15 is 0 Å². The molecule has 0 radical (unpaired) electrons. The number of aryl methyl sites for hydroxylation is 1. The number of nitrogens with one attached hydrogen (secondary N) is 5. The van der Waals surface area contributed by atoms with Crippen LogP contribution in [-0.4, -0.2) is 52.5 Å². The summed E-state index contributed by atoms with van der Waals surface area (Å²) in [5.74, 6) is 0.706. The van der Waals surface area contributed by atoms with Gasteiger partial charge in [0.2, 0.25) is 5.91 Å². The molecular weight excluding hydrogens is 534 g/mol. The molecule has 2 aliphatic heterocycles. The Bertz CT molecular complexity index is 1540. The smallest absolute Gasteiger partial charge is 0.324 e. The molecule has 4 heterocycles. The van der Waals surface area contributed by atoms with Gasteiger partial charge in [-0.2, -0.15) is 0 Å². The summed E-state index contributed by atoms with van der Waals surface area (Å²) < 4.78 is 5.31. The second-order valence-electron chi connectivity index (χ2n) is 12.0. The van der Waals surface area contributed by atoms with Crippen molar-refractivity contribution in [1.82, 2.24) is 15.0 Å². The second-order valence-corrected chi connectivity index (χ2v) is 12.0. The predicted octanol–water partition coefficient (Wildman–Crippen LogP) is 5.87. The maximum atomic E-state index is 12.9. The number of amides is 4. The zero-order valence-corrected chi connectivity index (χ0v) is 24.9. The van der Waals surface area contributed by atoms with Crippen LogP contribution in [0.5, 0.6) is 0 Å². The highest BCUT2D eigenvalue weighted by Gasteiger charge is 2.26. The van der Waals surface area contributed by atoms with Crippen molar-refractivity contribution >= 4 is 52.4 Å². The third kappa shape index (κ3) is 6.57. The third-order valence-corrected chi connectivity index (χ3v) is 7.68. The van der Waals surface area contributed by atoms with E-state index in [9.17, 15) is 14.4 Å². The van der Waals surface area contributed by atoms with Crippen molar-refractivity contribution in [3.63, 3.8) is 0 Å². The van der Waals surface area contributed by atoms with Crippen LogP contribution in [0, 0.1) is 13.8 Å². The zero-order chi connectivity index (χ0) is 30.0. The lowest BCUT2D eigenvalue weighted by atomic mass is 9.93. The molecule has 222 valence electrons. The van der Waals surface area contributed by atoms with Crippen molar-refractivity contribution in [2.24, 2.45) is 0 Å². The van der Waals surface area contributed by atoms with Crippen molar-refractivity contribution in [2.45, 2.75) is 65.7 Å². The summed E-state index contributed by atoms with van der Waals surface area (Å²) in [7, 11) is 0. The van der Waals surface area contributed by atoms with Crippen molar-refractivity contribution < 1.29 is 18.9 Å². The van der Waals surface area contributed by atoms with Crippen molar-refractivity contribution in [3.8, 4) is 0 Å². The van der Waals surface area contributed by atoms with Gasteiger partial charge in [0, 0.05) is 47.1 Å². The van der Waals surface area contributed by atoms with Crippen molar-refractivity contribution in [2.75, 3.05) is 40.9 Å². The van der Waals surface area contributed by atoms with E-state index in [4.69, 9.17) is 4.52 Å². The number of aromatic amines is 1. The quantitative estimate of drug-likeness (QED) is 0.224. The highest BCUT2D eigenvalue weighted by Crippen LogP contribution is 2.36. The Labute approximate surface area is 245 Å². The van der Waals surface area contributed by atoms with E-state index < -0.39 is 6.03 Å². The third-order valence-electron chi connectivity index (χ3n) is 7.68. The van der Waals surface area contributed by atoms with Gasteiger partial charge in [-0.3, -0.25) is 14.9 Å². The van der Waals surface area contributed by atoms with Gasteiger partial charge in [0.05, 0.1) is 16.9 Å². The summed E-state index contributed by atoms with van der Waals surface area (Å²) in [6, 6.07) is 6.44. The monoisotopic (exact) mass is 573 g/mol. The van der Waals surface area contributed by atoms with Crippen molar-refractivity contribution in [3.05, 3.63) is 52.5 Å². The first-order valence-electron chi connectivity index (χ1n) is 14.4. The average molecular weight is 574 g/mol. The number of rotatable bonds is 7. The molecule has 11 heteroatoms. The molecule has 2 aliphatic rings. The molecule has 0 saturated carbocycles. The van der Waals surface area contributed by atoms with Gasteiger partial charge in [0.15, 0.2) is 5.82 Å². The van der Waals surface area contributed by atoms with Crippen LogP contribution in [0.3, 0.4) is 0 Å². The van der Waals surface area contributed by atoms with E-state index in [2.05, 4.69) is 36.3 Å². The molecule has 0 spiro atoms. The topological polar surface area (TPSA) is 144 Å². The average Bonchev–Trinajstić information content (AvgIpc) is 3.60. The van der Waals surface area contributed by atoms with E-state index in [-0.39, 0.29) is 17.2 Å². The van der Waals surface area contributed by atoms with Gasteiger partial charge in [-0.05, 0) is 63.6 Å². The fourth-order valence-corrected chi connectivity index (χ4v) is 5.28. The second kappa shape index (κ2) is 11.8. The van der Waals surface area contributed by atoms with Gasteiger partial charge in [0.1, 0.15) is 5.76 Å². The number of aromatic nitrogens is 2. The normalized spacial score (nSPS) is 16.3. The number of likely N-dealkylation sites (tertiary alicyclic amines) is 1. The minimum Gasteiger partial charge on any atom is -0.359 e. The SMILES string of the molecule is Cc1[nH]c(/C=C2\C(=O)Nc3cc(NC(=O)Nc4cc(C(C)(C)C)on4)ccc32)c(C)c1NC(=O)CCN1CCCCC1. The molecule has 3 aromatic rings. The summed E-state index contributed by atoms with van der Waals surface area (Å²) in [5, 5.41) is 15.3. The first-order valence-corrected chi connectivity index (χ1v) is 14.4. The number of urea groups is 1. The van der Waals surface area contributed by atoms with E-state index in [1.807, 2.05) is 34.6 Å². The van der Waals surface area contributed by atoms with Gasteiger partial charge >= 0.3 is 6.03 Å². The molecule has 42 heavy (non-hydrogen) atoms. The summed E-state index contributed by atoms with van der Waals surface area (Å²) in [4.78, 5) is 43.8. The Balaban J connectivity index is 1.25. The minimum absolute atomic E-state index is 0.0174. The first-order chi connectivity index (χ1) is 20.0. The Morgan fingerprint density at radius 1 is 1.07 bits per heavy atom. The minimum atomic E-state index is -0.480. The maximum absolute atomic E-state index is 12.9. The Morgan fingerprint density at radius 2 is 1.83 bits per heavy atom. The molecule has 0 atom stereocenters. The molecule has 5 N–H and O–H groups in total. The fraction of sp³-hybridized carbons (Fsp3) is 0.419. The number of carbonyl (C=O) groups excluding carboxylic acids is 3. The number of H-pyrrole nitrogens is 1.